The van der Waals surface area contributed by atoms with Crippen LogP contribution >= 0.6 is 0 Å². The minimum atomic E-state index is -0.363. The third-order valence-corrected chi connectivity index (χ3v) is 4.53. The highest BCUT2D eigenvalue weighted by Gasteiger charge is 2.49. The van der Waals surface area contributed by atoms with E-state index >= 15 is 0 Å². The van der Waals surface area contributed by atoms with Crippen molar-refractivity contribution in [1.82, 2.24) is 4.98 Å². The zero-order chi connectivity index (χ0) is 14.5. The molecule has 2 heterocycles. The average Bonchev–Trinajstić information content (AvgIpc) is 2.59. The van der Waals surface area contributed by atoms with E-state index in [1.165, 1.54) is 0 Å². The third-order valence-electron chi connectivity index (χ3n) is 4.53. The smallest absolute Gasteiger partial charge is 0.187 e. The van der Waals surface area contributed by atoms with Crippen molar-refractivity contribution in [2.75, 3.05) is 0 Å². The van der Waals surface area contributed by atoms with E-state index in [1.807, 2.05) is 25.3 Å². The maximum Gasteiger partial charge on any atom is 0.187 e. The summed E-state index contributed by atoms with van der Waals surface area (Å²) in [6, 6.07) is 8.26. The fourth-order valence-corrected chi connectivity index (χ4v) is 2.51. The lowest BCUT2D eigenvalue weighted by Crippen LogP contribution is -2.41. The van der Waals surface area contributed by atoms with Crippen LogP contribution in [0.4, 0.5) is 0 Å². The van der Waals surface area contributed by atoms with Crippen molar-refractivity contribution >= 4 is 10.8 Å². The van der Waals surface area contributed by atoms with Crippen molar-refractivity contribution in [2.24, 2.45) is 0 Å². The van der Waals surface area contributed by atoms with Gasteiger partial charge in [-0.3, -0.25) is 4.98 Å². The molecule has 106 valence electrons. The van der Waals surface area contributed by atoms with Gasteiger partial charge in [0.25, 0.3) is 0 Å². The van der Waals surface area contributed by atoms with E-state index in [1.54, 1.807) is 0 Å². The lowest BCUT2D eigenvalue weighted by atomic mass is 9.90. The highest BCUT2D eigenvalue weighted by Crippen LogP contribution is 2.45. The van der Waals surface area contributed by atoms with Gasteiger partial charge in [-0.05, 0) is 40.0 Å². The number of aromatic nitrogens is 1. The molecule has 1 saturated heterocycles. The van der Waals surface area contributed by atoms with Crippen molar-refractivity contribution < 1.29 is 9.47 Å². The fraction of sp³-hybridized carbons (Fsp3) is 0.471. The number of fused-ring (bicyclic) bond motifs is 1. The van der Waals surface area contributed by atoms with Gasteiger partial charge in [-0.1, -0.05) is 24.3 Å². The van der Waals surface area contributed by atoms with Crippen molar-refractivity contribution in [3.8, 4) is 0 Å². The summed E-state index contributed by atoms with van der Waals surface area (Å²) in [5, 5.41) is 2.30. The molecular formula is C17H21NO2. The van der Waals surface area contributed by atoms with Crippen LogP contribution in [0.2, 0.25) is 0 Å². The number of aryl methyl sites for hydroxylation is 1. The first-order chi connectivity index (χ1) is 9.32. The Hall–Kier alpha value is -1.45. The van der Waals surface area contributed by atoms with E-state index in [0.717, 1.165) is 22.0 Å². The Balaban J connectivity index is 2.11. The monoisotopic (exact) mass is 271 g/mol. The quantitative estimate of drug-likeness (QED) is 0.781. The van der Waals surface area contributed by atoms with Crippen molar-refractivity contribution in [1.29, 1.82) is 0 Å². The predicted molar refractivity (Wildman–Crippen MR) is 79.5 cm³/mol. The minimum Gasteiger partial charge on any atom is -0.339 e. The van der Waals surface area contributed by atoms with Crippen LogP contribution in [0.1, 0.15) is 45.2 Å². The SMILES string of the molecule is Cc1ncc(C2OC(C)(C)C(C)(C)O2)c2ccccc12. The van der Waals surface area contributed by atoms with Crippen LogP contribution in [0.15, 0.2) is 30.5 Å². The average molecular weight is 271 g/mol. The van der Waals surface area contributed by atoms with Gasteiger partial charge < -0.3 is 9.47 Å². The molecule has 0 saturated carbocycles. The Labute approximate surface area is 119 Å². The van der Waals surface area contributed by atoms with E-state index < -0.39 is 0 Å². The van der Waals surface area contributed by atoms with Gasteiger partial charge in [0, 0.05) is 22.8 Å². The summed E-state index contributed by atoms with van der Waals surface area (Å²) in [6.45, 7) is 10.3. The molecular weight excluding hydrogens is 250 g/mol. The molecule has 1 aliphatic heterocycles. The zero-order valence-electron chi connectivity index (χ0n) is 12.7. The van der Waals surface area contributed by atoms with Crippen LogP contribution in [0.5, 0.6) is 0 Å². The summed E-state index contributed by atoms with van der Waals surface area (Å²) < 4.78 is 12.3. The normalized spacial score (nSPS) is 21.4. The van der Waals surface area contributed by atoms with Crippen molar-refractivity contribution in [3.63, 3.8) is 0 Å². The number of benzene rings is 1. The van der Waals surface area contributed by atoms with Crippen LogP contribution in [-0.2, 0) is 9.47 Å². The summed E-state index contributed by atoms with van der Waals surface area (Å²) in [7, 11) is 0. The third kappa shape index (κ3) is 1.93. The second kappa shape index (κ2) is 4.27. The minimum absolute atomic E-state index is 0.330. The molecule has 0 atom stereocenters. The summed E-state index contributed by atoms with van der Waals surface area (Å²) in [5.41, 5.74) is 1.37. The van der Waals surface area contributed by atoms with E-state index in [0.29, 0.717) is 0 Å². The maximum atomic E-state index is 6.14. The topological polar surface area (TPSA) is 31.4 Å². The Morgan fingerprint density at radius 1 is 0.950 bits per heavy atom. The molecule has 2 aromatic rings. The summed E-state index contributed by atoms with van der Waals surface area (Å²) >= 11 is 0. The van der Waals surface area contributed by atoms with E-state index in [9.17, 15) is 0 Å². The number of pyridine rings is 1. The van der Waals surface area contributed by atoms with Crippen LogP contribution in [0.3, 0.4) is 0 Å². The Morgan fingerprint density at radius 3 is 2.10 bits per heavy atom. The molecule has 3 heteroatoms. The first-order valence-corrected chi connectivity index (χ1v) is 7.02. The van der Waals surface area contributed by atoms with Gasteiger partial charge in [0.15, 0.2) is 6.29 Å². The predicted octanol–water partition coefficient (Wildman–Crippen LogP) is 4.15. The molecule has 3 rings (SSSR count). The number of rotatable bonds is 1. The van der Waals surface area contributed by atoms with Crippen molar-refractivity contribution in [3.05, 3.63) is 41.7 Å². The lowest BCUT2D eigenvalue weighted by molar-refractivity contribution is -0.0887. The molecule has 0 amide bonds. The molecule has 0 spiro atoms. The molecule has 0 N–H and O–H groups in total. The summed E-state index contributed by atoms with van der Waals surface area (Å²) in [5.74, 6) is 0. The standard InChI is InChI=1S/C17H21NO2/c1-11-12-8-6-7-9-13(12)14(10-18-11)15-19-16(2,3)17(4,5)20-15/h6-10,15H,1-5H3. The van der Waals surface area contributed by atoms with E-state index in [2.05, 4.69) is 44.8 Å². The van der Waals surface area contributed by atoms with Crippen LogP contribution in [-0.4, -0.2) is 16.2 Å². The second-order valence-electron chi connectivity index (χ2n) is 6.43. The zero-order valence-corrected chi connectivity index (χ0v) is 12.7. The molecule has 1 aromatic carbocycles. The molecule has 1 fully saturated rings. The van der Waals surface area contributed by atoms with Crippen LogP contribution in [0.25, 0.3) is 10.8 Å². The molecule has 20 heavy (non-hydrogen) atoms. The molecule has 1 aliphatic rings. The lowest BCUT2D eigenvalue weighted by Gasteiger charge is -2.30. The summed E-state index contributed by atoms with van der Waals surface area (Å²) in [4.78, 5) is 4.49. The fourth-order valence-electron chi connectivity index (χ4n) is 2.51. The number of nitrogens with zero attached hydrogens (tertiary/aromatic N) is 1. The summed E-state index contributed by atoms with van der Waals surface area (Å²) in [6.07, 6.45) is 1.51. The molecule has 3 nitrogen and oxygen atoms in total. The molecule has 1 aromatic heterocycles. The van der Waals surface area contributed by atoms with Gasteiger partial charge in [-0.15, -0.1) is 0 Å². The Bertz CT molecular complexity index is 645. The number of ether oxygens (including phenoxy) is 2. The van der Waals surface area contributed by atoms with Gasteiger partial charge in [0.2, 0.25) is 0 Å². The first kappa shape index (κ1) is 13.5. The van der Waals surface area contributed by atoms with Gasteiger partial charge in [0.05, 0.1) is 11.2 Å². The van der Waals surface area contributed by atoms with Crippen LogP contribution < -0.4 is 0 Å². The molecule has 0 radical (unpaired) electrons. The molecule has 0 bridgehead atoms. The molecule has 0 aliphatic carbocycles. The molecule has 0 unspecified atom stereocenters. The van der Waals surface area contributed by atoms with E-state index in [4.69, 9.17) is 9.47 Å². The Morgan fingerprint density at radius 2 is 1.50 bits per heavy atom. The maximum absolute atomic E-state index is 6.14. The van der Waals surface area contributed by atoms with Crippen molar-refractivity contribution in [2.45, 2.75) is 52.1 Å². The number of hydrogen-bond donors (Lipinski definition) is 0. The largest absolute Gasteiger partial charge is 0.339 e. The van der Waals surface area contributed by atoms with Crippen LogP contribution in [0, 0.1) is 6.92 Å². The highest BCUT2D eigenvalue weighted by molar-refractivity contribution is 5.87. The number of hydrogen-bond acceptors (Lipinski definition) is 3. The highest BCUT2D eigenvalue weighted by atomic mass is 16.7. The van der Waals surface area contributed by atoms with Gasteiger partial charge in [-0.25, -0.2) is 0 Å². The second-order valence-corrected chi connectivity index (χ2v) is 6.43. The van der Waals surface area contributed by atoms with Gasteiger partial charge in [0.1, 0.15) is 0 Å². The van der Waals surface area contributed by atoms with Gasteiger partial charge >= 0.3 is 0 Å². The Kier molecular flexibility index (Phi) is 2.89. The first-order valence-electron chi connectivity index (χ1n) is 7.02. The van der Waals surface area contributed by atoms with E-state index in [-0.39, 0.29) is 17.5 Å². The van der Waals surface area contributed by atoms with Gasteiger partial charge in [-0.2, -0.15) is 0 Å².